The Labute approximate surface area is 76.7 Å². The average Bonchev–Trinajstić information content (AvgIpc) is 2.48. The lowest BCUT2D eigenvalue weighted by molar-refractivity contribution is 0.681. The van der Waals surface area contributed by atoms with Crippen molar-refractivity contribution in [1.82, 2.24) is 0 Å². The number of hydrogen-bond acceptors (Lipinski definition) is 0. The summed E-state index contributed by atoms with van der Waals surface area (Å²) in [5, 5.41) is -0.584. The van der Waals surface area contributed by atoms with Crippen LogP contribution in [0.25, 0.3) is 0 Å². The Morgan fingerprint density at radius 3 is 2.92 bits per heavy atom. The molecule has 0 radical (unpaired) electrons. The minimum absolute atomic E-state index is 0.584. The molecule has 0 atom stereocenters. The van der Waals surface area contributed by atoms with Crippen molar-refractivity contribution >= 4 is 11.6 Å². The molecule has 0 heterocycles. The zero-order chi connectivity index (χ0) is 8.97. The molecule has 0 bridgehead atoms. The van der Waals surface area contributed by atoms with Gasteiger partial charge in [-0.25, -0.2) is 0 Å². The van der Waals surface area contributed by atoms with Crippen LogP contribution in [-0.2, 0) is 0 Å². The SMILES string of the molecule is CC=C=CC1=C/C(=C(\F)Cl)CC1. The summed E-state index contributed by atoms with van der Waals surface area (Å²) in [6.45, 7) is 1.89. The van der Waals surface area contributed by atoms with E-state index in [1.807, 2.05) is 19.1 Å². The van der Waals surface area contributed by atoms with Gasteiger partial charge in [0.2, 0.25) is 0 Å². The molecule has 0 nitrogen and oxygen atoms in total. The first-order valence-electron chi connectivity index (χ1n) is 3.86. The van der Waals surface area contributed by atoms with Crippen LogP contribution in [0.1, 0.15) is 19.8 Å². The zero-order valence-electron chi connectivity index (χ0n) is 6.90. The normalized spacial score (nSPS) is 19.8. The van der Waals surface area contributed by atoms with E-state index >= 15 is 0 Å². The van der Waals surface area contributed by atoms with Crippen molar-refractivity contribution in [2.45, 2.75) is 19.8 Å². The molecule has 12 heavy (non-hydrogen) atoms. The van der Waals surface area contributed by atoms with E-state index in [0.717, 1.165) is 12.0 Å². The Morgan fingerprint density at radius 2 is 2.42 bits per heavy atom. The van der Waals surface area contributed by atoms with Gasteiger partial charge in [-0.3, -0.25) is 0 Å². The molecule has 0 aromatic carbocycles. The summed E-state index contributed by atoms with van der Waals surface area (Å²) in [5.41, 5.74) is 4.62. The highest BCUT2D eigenvalue weighted by Crippen LogP contribution is 2.28. The summed E-state index contributed by atoms with van der Waals surface area (Å²) in [4.78, 5) is 0. The van der Waals surface area contributed by atoms with E-state index in [9.17, 15) is 4.39 Å². The Morgan fingerprint density at radius 1 is 1.67 bits per heavy atom. The second kappa shape index (κ2) is 4.30. The van der Waals surface area contributed by atoms with Crippen LogP contribution in [0, 0.1) is 0 Å². The lowest BCUT2D eigenvalue weighted by atomic mass is 10.2. The molecule has 1 aliphatic rings. The average molecular weight is 185 g/mol. The third-order valence-electron chi connectivity index (χ3n) is 1.72. The van der Waals surface area contributed by atoms with Crippen molar-refractivity contribution in [3.05, 3.63) is 40.4 Å². The molecule has 0 aliphatic heterocycles. The predicted octanol–water partition coefficient (Wildman–Crippen LogP) is 3.86. The number of halogens is 2. The lowest BCUT2D eigenvalue weighted by Gasteiger charge is -1.87. The van der Waals surface area contributed by atoms with Crippen LogP contribution >= 0.6 is 11.6 Å². The number of rotatable bonds is 1. The maximum atomic E-state index is 12.5. The summed E-state index contributed by atoms with van der Waals surface area (Å²) in [6.07, 6.45) is 7.01. The topological polar surface area (TPSA) is 0 Å². The molecule has 0 aromatic rings. The molecule has 1 aliphatic carbocycles. The van der Waals surface area contributed by atoms with E-state index in [-0.39, 0.29) is 0 Å². The third-order valence-corrected chi connectivity index (χ3v) is 1.96. The van der Waals surface area contributed by atoms with Crippen LogP contribution in [0.2, 0.25) is 0 Å². The van der Waals surface area contributed by atoms with Crippen LogP contribution in [-0.4, -0.2) is 0 Å². The van der Waals surface area contributed by atoms with Gasteiger partial charge in [0.15, 0.2) is 5.29 Å². The Kier molecular flexibility index (Phi) is 3.33. The minimum atomic E-state index is -0.584. The number of allylic oxidation sites excluding steroid dienone is 4. The van der Waals surface area contributed by atoms with Crippen molar-refractivity contribution in [3.63, 3.8) is 0 Å². The summed E-state index contributed by atoms with van der Waals surface area (Å²) < 4.78 is 12.5. The van der Waals surface area contributed by atoms with Crippen molar-refractivity contribution in [3.8, 4) is 0 Å². The smallest absolute Gasteiger partial charge is 0.192 e. The van der Waals surface area contributed by atoms with Crippen LogP contribution in [0.15, 0.2) is 40.4 Å². The first-order valence-corrected chi connectivity index (χ1v) is 4.23. The van der Waals surface area contributed by atoms with Gasteiger partial charge in [0, 0.05) is 5.57 Å². The Hall–Kier alpha value is -0.780. The van der Waals surface area contributed by atoms with Gasteiger partial charge in [0.25, 0.3) is 0 Å². The molecule has 64 valence electrons. The highest BCUT2D eigenvalue weighted by Gasteiger charge is 2.10. The maximum absolute atomic E-state index is 12.5. The summed E-state index contributed by atoms with van der Waals surface area (Å²) >= 11 is 5.21. The monoisotopic (exact) mass is 184 g/mol. The molecule has 0 saturated carbocycles. The minimum Gasteiger partial charge on any atom is -0.193 e. The van der Waals surface area contributed by atoms with Gasteiger partial charge in [-0.1, -0.05) is 17.7 Å². The van der Waals surface area contributed by atoms with Gasteiger partial charge in [-0.15, -0.1) is 5.73 Å². The molecule has 0 N–H and O–H groups in total. The highest BCUT2D eigenvalue weighted by molar-refractivity contribution is 6.28. The Bertz CT molecular complexity index is 287. The van der Waals surface area contributed by atoms with Gasteiger partial charge < -0.3 is 0 Å². The van der Waals surface area contributed by atoms with Crippen LogP contribution in [0.5, 0.6) is 0 Å². The van der Waals surface area contributed by atoms with E-state index < -0.39 is 5.29 Å². The van der Waals surface area contributed by atoms with Crippen molar-refractivity contribution in [2.75, 3.05) is 0 Å². The van der Waals surface area contributed by atoms with Gasteiger partial charge in [-0.05, 0) is 37.5 Å². The fourth-order valence-corrected chi connectivity index (χ4v) is 1.25. The zero-order valence-corrected chi connectivity index (χ0v) is 7.66. The molecule has 0 aromatic heterocycles. The van der Waals surface area contributed by atoms with E-state index in [1.165, 1.54) is 0 Å². The van der Waals surface area contributed by atoms with E-state index in [1.54, 1.807) is 6.08 Å². The summed E-state index contributed by atoms with van der Waals surface area (Å²) in [5.74, 6) is 0. The predicted molar refractivity (Wildman–Crippen MR) is 49.6 cm³/mol. The third kappa shape index (κ3) is 2.37. The standard InChI is InChI=1S/C10H10ClF/c1-2-3-4-8-5-6-9(7-8)10(11)12/h2,4,7H,5-6H2,1H3/b10-9-. The molecule has 1 rings (SSSR count). The largest absolute Gasteiger partial charge is 0.193 e. The second-order valence-electron chi connectivity index (χ2n) is 2.60. The van der Waals surface area contributed by atoms with Gasteiger partial charge in [0.1, 0.15) is 0 Å². The van der Waals surface area contributed by atoms with Gasteiger partial charge >= 0.3 is 0 Å². The van der Waals surface area contributed by atoms with Crippen LogP contribution in [0.3, 0.4) is 0 Å². The molecular weight excluding hydrogens is 175 g/mol. The van der Waals surface area contributed by atoms with Crippen molar-refractivity contribution in [2.24, 2.45) is 0 Å². The fraction of sp³-hybridized carbons (Fsp3) is 0.300. The van der Waals surface area contributed by atoms with E-state index in [2.05, 4.69) is 5.73 Å². The van der Waals surface area contributed by atoms with Crippen LogP contribution < -0.4 is 0 Å². The molecule has 0 spiro atoms. The number of hydrogen-bond donors (Lipinski definition) is 0. The summed E-state index contributed by atoms with van der Waals surface area (Å²) in [7, 11) is 0. The van der Waals surface area contributed by atoms with Crippen molar-refractivity contribution < 1.29 is 4.39 Å². The van der Waals surface area contributed by atoms with Gasteiger partial charge in [0.05, 0.1) is 0 Å². The quantitative estimate of drug-likeness (QED) is 0.543. The van der Waals surface area contributed by atoms with Gasteiger partial charge in [-0.2, -0.15) is 4.39 Å². The fourth-order valence-electron chi connectivity index (χ4n) is 1.10. The van der Waals surface area contributed by atoms with E-state index in [0.29, 0.717) is 12.0 Å². The molecule has 0 fully saturated rings. The Balaban J connectivity index is 2.80. The van der Waals surface area contributed by atoms with E-state index in [4.69, 9.17) is 11.6 Å². The molecule has 0 amide bonds. The lowest BCUT2D eigenvalue weighted by Crippen LogP contribution is -1.69. The molecule has 0 unspecified atom stereocenters. The molecule has 2 heteroatoms. The van der Waals surface area contributed by atoms with Crippen LogP contribution in [0.4, 0.5) is 4.39 Å². The first-order chi connectivity index (χ1) is 5.74. The molecular formula is C10H10ClF. The van der Waals surface area contributed by atoms with Crippen molar-refractivity contribution in [1.29, 1.82) is 0 Å². The summed E-state index contributed by atoms with van der Waals surface area (Å²) in [6, 6.07) is 0. The highest BCUT2D eigenvalue weighted by atomic mass is 35.5. The first kappa shape index (κ1) is 9.31. The maximum Gasteiger partial charge on any atom is 0.192 e. The second-order valence-corrected chi connectivity index (χ2v) is 2.94. The molecule has 0 saturated heterocycles.